The first-order valence-corrected chi connectivity index (χ1v) is 7.00. The number of hydrogen-bond acceptors (Lipinski definition) is 3. The van der Waals surface area contributed by atoms with Gasteiger partial charge in [0.05, 0.1) is 11.7 Å². The summed E-state index contributed by atoms with van der Waals surface area (Å²) in [4.78, 5) is 8.94. The molecule has 3 rings (SSSR count). The van der Waals surface area contributed by atoms with Crippen LogP contribution in [0.3, 0.4) is 0 Å². The summed E-state index contributed by atoms with van der Waals surface area (Å²) < 4.78 is 2.32. The smallest absolute Gasteiger partial charge is 0.112 e. The van der Waals surface area contributed by atoms with Crippen molar-refractivity contribution in [3.63, 3.8) is 0 Å². The van der Waals surface area contributed by atoms with Gasteiger partial charge in [-0.15, -0.1) is 0 Å². The molecule has 19 heavy (non-hydrogen) atoms. The summed E-state index contributed by atoms with van der Waals surface area (Å²) in [6.45, 7) is 6.63. The van der Waals surface area contributed by atoms with Crippen molar-refractivity contribution in [2.24, 2.45) is 5.73 Å². The summed E-state index contributed by atoms with van der Waals surface area (Å²) in [7, 11) is 0. The fourth-order valence-corrected chi connectivity index (χ4v) is 2.97. The van der Waals surface area contributed by atoms with Gasteiger partial charge in [-0.25, -0.2) is 4.98 Å². The Labute approximate surface area is 114 Å². The first-order chi connectivity index (χ1) is 8.89. The number of rotatable bonds is 2. The van der Waals surface area contributed by atoms with E-state index in [1.54, 1.807) is 0 Å². The first kappa shape index (κ1) is 12.6. The van der Waals surface area contributed by atoms with Crippen molar-refractivity contribution in [3.05, 3.63) is 24.3 Å². The molecule has 0 aromatic carbocycles. The number of imidazole rings is 1. The fourth-order valence-electron chi connectivity index (χ4n) is 2.97. The van der Waals surface area contributed by atoms with Gasteiger partial charge in [0, 0.05) is 23.7 Å². The van der Waals surface area contributed by atoms with E-state index in [-0.39, 0.29) is 11.1 Å². The molecule has 2 N–H and O–H groups in total. The highest BCUT2D eigenvalue weighted by atomic mass is 15.1. The van der Waals surface area contributed by atoms with E-state index in [0.29, 0.717) is 0 Å². The molecule has 1 aliphatic rings. The van der Waals surface area contributed by atoms with E-state index in [0.717, 1.165) is 36.1 Å². The molecule has 0 aliphatic heterocycles. The van der Waals surface area contributed by atoms with E-state index in [1.165, 1.54) is 6.42 Å². The maximum absolute atomic E-state index is 6.40. The quantitative estimate of drug-likeness (QED) is 0.900. The Bertz CT molecular complexity index is 602. The predicted octanol–water partition coefficient (Wildman–Crippen LogP) is 2.61. The molecule has 0 atom stereocenters. The normalized spacial score (nSPS) is 18.5. The number of pyridine rings is 1. The van der Waals surface area contributed by atoms with Gasteiger partial charge in [-0.1, -0.05) is 0 Å². The van der Waals surface area contributed by atoms with E-state index in [4.69, 9.17) is 10.7 Å². The van der Waals surface area contributed by atoms with Crippen LogP contribution < -0.4 is 5.73 Å². The Morgan fingerprint density at radius 3 is 2.68 bits per heavy atom. The Morgan fingerprint density at radius 1 is 1.37 bits per heavy atom. The maximum atomic E-state index is 6.40. The van der Waals surface area contributed by atoms with E-state index in [2.05, 4.69) is 30.3 Å². The lowest BCUT2D eigenvalue weighted by Crippen LogP contribution is -2.49. The third-order valence-corrected chi connectivity index (χ3v) is 4.06. The Kier molecular flexibility index (Phi) is 2.68. The molecule has 1 saturated carbocycles. The number of hydrogen-bond donors (Lipinski definition) is 1. The summed E-state index contributed by atoms with van der Waals surface area (Å²) in [5.41, 5.74) is 8.48. The lowest BCUT2D eigenvalue weighted by molar-refractivity contribution is 0.236. The van der Waals surface area contributed by atoms with Crippen LogP contribution in [0.4, 0.5) is 0 Å². The molecule has 4 nitrogen and oxygen atoms in total. The summed E-state index contributed by atoms with van der Waals surface area (Å²) in [5, 5.41) is 0. The highest BCUT2D eigenvalue weighted by Gasteiger charge is 2.35. The van der Waals surface area contributed by atoms with Crippen LogP contribution in [0.25, 0.3) is 11.0 Å². The number of nitrogens with two attached hydrogens (primary N) is 1. The third-order valence-electron chi connectivity index (χ3n) is 4.06. The molecule has 0 spiro atoms. The van der Waals surface area contributed by atoms with Crippen molar-refractivity contribution in [3.8, 4) is 0 Å². The topological polar surface area (TPSA) is 56.7 Å². The first-order valence-electron chi connectivity index (χ1n) is 7.00. The molecule has 0 bridgehead atoms. The number of fused-ring (bicyclic) bond motifs is 1. The minimum absolute atomic E-state index is 0.00550. The molecule has 0 amide bonds. The lowest BCUT2D eigenvalue weighted by atomic mass is 9.75. The van der Waals surface area contributed by atoms with Gasteiger partial charge in [0.15, 0.2) is 0 Å². The van der Waals surface area contributed by atoms with E-state index in [9.17, 15) is 0 Å². The van der Waals surface area contributed by atoms with Gasteiger partial charge in [0.25, 0.3) is 0 Å². The highest BCUT2D eigenvalue weighted by molar-refractivity contribution is 5.75. The summed E-state index contributed by atoms with van der Waals surface area (Å²) in [5.74, 6) is 1.10. The average molecular weight is 258 g/mol. The fraction of sp³-hybridized carbons (Fsp3) is 0.600. The second kappa shape index (κ2) is 4.04. The van der Waals surface area contributed by atoms with Crippen LogP contribution in [0.5, 0.6) is 0 Å². The van der Waals surface area contributed by atoms with Crippen molar-refractivity contribution in [2.75, 3.05) is 0 Å². The van der Waals surface area contributed by atoms with Crippen molar-refractivity contribution in [1.82, 2.24) is 14.5 Å². The van der Waals surface area contributed by atoms with Crippen LogP contribution in [0.15, 0.2) is 18.5 Å². The molecular formula is C15H22N4. The molecule has 0 saturated heterocycles. The second-order valence-electron chi connectivity index (χ2n) is 6.79. The van der Waals surface area contributed by atoms with Crippen molar-refractivity contribution >= 4 is 11.0 Å². The van der Waals surface area contributed by atoms with Crippen LogP contribution in [0.2, 0.25) is 0 Å². The third kappa shape index (κ3) is 2.14. The highest BCUT2D eigenvalue weighted by Crippen LogP contribution is 2.34. The Balaban J connectivity index is 2.12. The number of nitrogens with zero attached hydrogens (tertiary/aromatic N) is 3. The van der Waals surface area contributed by atoms with Gasteiger partial charge >= 0.3 is 0 Å². The molecular weight excluding hydrogens is 236 g/mol. The molecule has 4 heteroatoms. The van der Waals surface area contributed by atoms with Crippen LogP contribution in [-0.2, 0) is 12.0 Å². The van der Waals surface area contributed by atoms with Crippen LogP contribution in [-0.4, -0.2) is 20.1 Å². The van der Waals surface area contributed by atoms with Gasteiger partial charge < -0.3 is 10.3 Å². The number of aromatic nitrogens is 3. The van der Waals surface area contributed by atoms with Crippen molar-refractivity contribution in [2.45, 2.75) is 57.5 Å². The SMILES string of the molecule is CC(C)(C)n1c(CC2(N)CCC2)nc2cnccc21. The monoisotopic (exact) mass is 258 g/mol. The van der Waals surface area contributed by atoms with Gasteiger partial charge in [0.1, 0.15) is 11.3 Å². The zero-order valence-electron chi connectivity index (χ0n) is 12.0. The van der Waals surface area contributed by atoms with Gasteiger partial charge in [-0.3, -0.25) is 4.98 Å². The molecule has 0 unspecified atom stereocenters. The summed E-state index contributed by atoms with van der Waals surface area (Å²) in [6.07, 6.45) is 7.99. The molecule has 1 aliphatic carbocycles. The maximum Gasteiger partial charge on any atom is 0.112 e. The zero-order valence-corrected chi connectivity index (χ0v) is 12.0. The molecule has 0 radical (unpaired) electrons. The molecule has 2 aromatic rings. The minimum Gasteiger partial charge on any atom is -0.325 e. The molecule has 102 valence electrons. The largest absolute Gasteiger partial charge is 0.325 e. The predicted molar refractivity (Wildman–Crippen MR) is 77.0 cm³/mol. The van der Waals surface area contributed by atoms with E-state index < -0.39 is 0 Å². The van der Waals surface area contributed by atoms with Crippen molar-refractivity contribution in [1.29, 1.82) is 0 Å². The second-order valence-corrected chi connectivity index (χ2v) is 6.79. The van der Waals surface area contributed by atoms with Gasteiger partial charge in [-0.05, 0) is 46.1 Å². The van der Waals surface area contributed by atoms with Crippen LogP contribution >= 0.6 is 0 Å². The Hall–Kier alpha value is -1.42. The van der Waals surface area contributed by atoms with Gasteiger partial charge in [-0.2, -0.15) is 0 Å². The minimum atomic E-state index is -0.0438. The van der Waals surface area contributed by atoms with E-state index >= 15 is 0 Å². The molecule has 1 fully saturated rings. The Morgan fingerprint density at radius 2 is 2.11 bits per heavy atom. The lowest BCUT2D eigenvalue weighted by Gasteiger charge is -2.38. The molecule has 2 aromatic heterocycles. The molecule has 2 heterocycles. The zero-order chi connectivity index (χ0) is 13.7. The van der Waals surface area contributed by atoms with E-state index in [1.807, 2.05) is 18.5 Å². The standard InChI is InChI=1S/C15H22N4/c1-14(2,3)19-12-5-8-17-10-11(12)18-13(19)9-15(16)6-4-7-15/h5,8,10H,4,6-7,9,16H2,1-3H3. The summed E-state index contributed by atoms with van der Waals surface area (Å²) >= 11 is 0. The van der Waals surface area contributed by atoms with Crippen LogP contribution in [0, 0.1) is 0 Å². The summed E-state index contributed by atoms with van der Waals surface area (Å²) in [6, 6.07) is 2.04. The van der Waals surface area contributed by atoms with Crippen LogP contribution in [0.1, 0.15) is 45.9 Å². The van der Waals surface area contributed by atoms with Gasteiger partial charge in [0.2, 0.25) is 0 Å². The average Bonchev–Trinajstić information content (AvgIpc) is 2.64. The van der Waals surface area contributed by atoms with Crippen molar-refractivity contribution < 1.29 is 0 Å².